The van der Waals surface area contributed by atoms with E-state index in [-0.39, 0.29) is 0 Å². The van der Waals surface area contributed by atoms with Crippen molar-refractivity contribution in [1.82, 2.24) is 0 Å². The summed E-state index contributed by atoms with van der Waals surface area (Å²) in [6.45, 7) is 0. The molecule has 20 heavy (non-hydrogen) atoms. The molecule has 0 atom stereocenters. The molecular formula is C7HCl2F9O2. The fourth-order valence-electron chi connectivity index (χ4n) is 0.943. The van der Waals surface area contributed by atoms with Crippen LogP contribution in [0.25, 0.3) is 0 Å². The van der Waals surface area contributed by atoms with Crippen LogP contribution in [0, 0.1) is 5.92 Å². The minimum Gasteiger partial charge on any atom is -0.280 e. The van der Waals surface area contributed by atoms with Crippen LogP contribution < -0.4 is 0 Å². The Hall–Kier alpha value is -0.710. The predicted octanol–water partition coefficient (Wildman–Crippen LogP) is 3.60. The lowest BCUT2D eigenvalue weighted by molar-refractivity contribution is -0.398. The summed E-state index contributed by atoms with van der Waals surface area (Å²) in [5.41, 5.74) is 0. The lowest BCUT2D eigenvalue weighted by atomic mass is 9.93. The SMILES string of the molecule is O=C(Cl)C(C(=O)Cl)C(F)(F)C(F)(F)C(F)(F)C(F)(F)F. The van der Waals surface area contributed by atoms with Gasteiger partial charge in [0.25, 0.3) is 0 Å². The van der Waals surface area contributed by atoms with Crippen molar-refractivity contribution in [1.29, 1.82) is 0 Å². The van der Waals surface area contributed by atoms with E-state index >= 15 is 0 Å². The summed E-state index contributed by atoms with van der Waals surface area (Å²) in [5, 5.41) is -5.24. The largest absolute Gasteiger partial charge is 0.460 e. The average molecular weight is 359 g/mol. The summed E-state index contributed by atoms with van der Waals surface area (Å²) in [7, 11) is 0. The maximum Gasteiger partial charge on any atom is 0.460 e. The van der Waals surface area contributed by atoms with Gasteiger partial charge in [-0.25, -0.2) is 0 Å². The van der Waals surface area contributed by atoms with Crippen molar-refractivity contribution in [2.45, 2.75) is 23.9 Å². The van der Waals surface area contributed by atoms with Gasteiger partial charge in [0.1, 0.15) is 0 Å². The molecule has 0 spiro atoms. The molecule has 0 amide bonds. The molecule has 0 aromatic carbocycles. The molecule has 2 nitrogen and oxygen atoms in total. The number of alkyl halides is 9. The van der Waals surface area contributed by atoms with Gasteiger partial charge in [-0.1, -0.05) is 0 Å². The van der Waals surface area contributed by atoms with Crippen molar-refractivity contribution in [3.05, 3.63) is 0 Å². The van der Waals surface area contributed by atoms with Crippen LogP contribution in [0.4, 0.5) is 39.5 Å². The second-order valence-corrected chi connectivity index (χ2v) is 4.06. The fraction of sp³-hybridized carbons (Fsp3) is 0.714. The zero-order valence-corrected chi connectivity index (χ0v) is 10.1. The maximum absolute atomic E-state index is 13.1. The Morgan fingerprint density at radius 2 is 1.00 bits per heavy atom. The first kappa shape index (κ1) is 19.3. The minimum atomic E-state index is -7.24. The molecule has 13 heteroatoms. The average Bonchev–Trinajstić information content (AvgIpc) is 2.12. The van der Waals surface area contributed by atoms with Gasteiger partial charge in [-0.15, -0.1) is 0 Å². The highest BCUT2D eigenvalue weighted by Crippen LogP contribution is 2.55. The van der Waals surface area contributed by atoms with Crippen molar-refractivity contribution < 1.29 is 49.1 Å². The molecule has 0 saturated carbocycles. The fourth-order valence-corrected chi connectivity index (χ4v) is 1.47. The Labute approximate surface area is 113 Å². The molecule has 0 aliphatic heterocycles. The standard InChI is InChI=1S/C7HCl2F9O2/c8-2(19)1(3(9)20)4(10,11)5(12,13)6(14,15)7(16,17)18/h1H. The van der Waals surface area contributed by atoms with E-state index in [1.54, 1.807) is 0 Å². The third-order valence-corrected chi connectivity index (χ3v) is 2.42. The van der Waals surface area contributed by atoms with E-state index in [0.717, 1.165) is 0 Å². The van der Waals surface area contributed by atoms with Crippen LogP contribution in [0.3, 0.4) is 0 Å². The molecule has 0 aliphatic rings. The van der Waals surface area contributed by atoms with Crippen LogP contribution in [0.1, 0.15) is 0 Å². The summed E-state index contributed by atoms with van der Waals surface area (Å²) in [6, 6.07) is 0. The van der Waals surface area contributed by atoms with Crippen molar-refractivity contribution in [2.24, 2.45) is 5.92 Å². The van der Waals surface area contributed by atoms with E-state index in [4.69, 9.17) is 0 Å². The normalized spacial score (nSPS) is 14.6. The molecule has 0 fully saturated rings. The second kappa shape index (κ2) is 5.24. The highest BCUT2D eigenvalue weighted by Gasteiger charge is 2.84. The van der Waals surface area contributed by atoms with Crippen LogP contribution in [-0.2, 0) is 9.59 Å². The lowest BCUT2D eigenvalue weighted by Gasteiger charge is -2.35. The maximum atomic E-state index is 13.1. The zero-order chi connectivity index (χ0) is 16.7. The van der Waals surface area contributed by atoms with Gasteiger partial charge in [0, 0.05) is 0 Å². The van der Waals surface area contributed by atoms with Crippen LogP contribution in [0.2, 0.25) is 0 Å². The quantitative estimate of drug-likeness (QED) is 0.427. The van der Waals surface area contributed by atoms with Gasteiger partial charge in [0.2, 0.25) is 10.5 Å². The summed E-state index contributed by atoms with van der Waals surface area (Å²) in [4.78, 5) is 20.8. The van der Waals surface area contributed by atoms with Crippen molar-refractivity contribution in [3.63, 3.8) is 0 Å². The smallest absolute Gasteiger partial charge is 0.280 e. The van der Waals surface area contributed by atoms with Gasteiger partial charge < -0.3 is 0 Å². The summed E-state index contributed by atoms with van der Waals surface area (Å²) in [6.07, 6.45) is -7.07. The van der Waals surface area contributed by atoms with E-state index in [1.165, 1.54) is 0 Å². The van der Waals surface area contributed by atoms with Crippen LogP contribution in [0.5, 0.6) is 0 Å². The lowest BCUT2D eigenvalue weighted by Crippen LogP contribution is -2.64. The molecule has 0 rings (SSSR count). The highest BCUT2D eigenvalue weighted by atomic mass is 35.5. The number of carbonyl (C=O) groups excluding carboxylic acids is 2. The summed E-state index contributed by atoms with van der Waals surface area (Å²) in [5.74, 6) is -24.9. The molecule has 0 radical (unpaired) electrons. The molecule has 0 N–H and O–H groups in total. The van der Waals surface area contributed by atoms with Gasteiger partial charge >= 0.3 is 23.9 Å². The molecular weight excluding hydrogens is 358 g/mol. The molecule has 0 saturated heterocycles. The Morgan fingerprint density at radius 1 is 0.700 bits per heavy atom. The number of rotatable bonds is 5. The third-order valence-electron chi connectivity index (χ3n) is 1.99. The Bertz CT molecular complexity index is 403. The van der Waals surface area contributed by atoms with E-state index in [1.807, 2.05) is 0 Å². The first-order valence-corrected chi connectivity index (χ1v) is 4.86. The minimum absolute atomic E-state index is 2.62. The van der Waals surface area contributed by atoms with Crippen molar-refractivity contribution in [2.75, 3.05) is 0 Å². The third kappa shape index (κ3) is 2.83. The van der Waals surface area contributed by atoms with Crippen LogP contribution in [0.15, 0.2) is 0 Å². The van der Waals surface area contributed by atoms with Gasteiger partial charge in [0.05, 0.1) is 0 Å². The number of carbonyl (C=O) groups is 2. The molecule has 0 unspecified atom stereocenters. The molecule has 118 valence electrons. The topological polar surface area (TPSA) is 34.1 Å². The molecule has 0 bridgehead atoms. The Morgan fingerprint density at radius 3 is 1.20 bits per heavy atom. The summed E-state index contributed by atoms with van der Waals surface area (Å²) >= 11 is 8.62. The van der Waals surface area contributed by atoms with E-state index in [2.05, 4.69) is 23.2 Å². The Balaban J connectivity index is 6.04. The molecule has 0 aliphatic carbocycles. The zero-order valence-electron chi connectivity index (χ0n) is 8.55. The summed E-state index contributed by atoms with van der Waals surface area (Å²) < 4.78 is 112. The first-order chi connectivity index (χ1) is 8.51. The Kier molecular flexibility index (Phi) is 5.06. The first-order valence-electron chi connectivity index (χ1n) is 4.10. The highest BCUT2D eigenvalue weighted by molar-refractivity contribution is 6.73. The van der Waals surface area contributed by atoms with E-state index in [9.17, 15) is 49.1 Å². The van der Waals surface area contributed by atoms with Gasteiger partial charge in [-0.05, 0) is 23.2 Å². The predicted molar refractivity (Wildman–Crippen MR) is 46.1 cm³/mol. The van der Waals surface area contributed by atoms with Gasteiger partial charge in [-0.3, -0.25) is 9.59 Å². The van der Waals surface area contributed by atoms with E-state index < -0.39 is 40.3 Å². The number of hydrogen-bond donors (Lipinski definition) is 0. The van der Waals surface area contributed by atoms with Crippen LogP contribution in [-0.4, -0.2) is 34.4 Å². The van der Waals surface area contributed by atoms with Crippen molar-refractivity contribution in [3.8, 4) is 0 Å². The molecule has 0 aromatic rings. The van der Waals surface area contributed by atoms with Gasteiger partial charge in [0.15, 0.2) is 5.92 Å². The van der Waals surface area contributed by atoms with Crippen molar-refractivity contribution >= 4 is 33.7 Å². The monoisotopic (exact) mass is 358 g/mol. The number of halogens is 11. The molecule has 0 aromatic heterocycles. The van der Waals surface area contributed by atoms with Crippen LogP contribution >= 0.6 is 23.2 Å². The molecule has 0 heterocycles. The second-order valence-electron chi connectivity index (χ2n) is 3.31. The van der Waals surface area contributed by atoms with Gasteiger partial charge in [-0.2, -0.15) is 39.5 Å². The van der Waals surface area contributed by atoms with E-state index in [0.29, 0.717) is 0 Å². The number of hydrogen-bond acceptors (Lipinski definition) is 2.